The number of oxazole rings is 1. The quantitative estimate of drug-likeness (QED) is 0.146. The van der Waals surface area contributed by atoms with Crippen molar-refractivity contribution in [1.82, 2.24) is 4.98 Å². The van der Waals surface area contributed by atoms with E-state index in [-0.39, 0.29) is 0 Å². The van der Waals surface area contributed by atoms with Crippen LogP contribution in [0.1, 0.15) is 0 Å². The molecule has 10 aromatic carbocycles. The molecule has 62 heavy (non-hydrogen) atoms. The fourth-order valence-corrected chi connectivity index (χ4v) is 8.60. The molecule has 0 aliphatic rings. The van der Waals surface area contributed by atoms with Crippen LogP contribution in [0.4, 0.5) is 17.1 Å². The topological polar surface area (TPSA) is 29.3 Å². The van der Waals surface area contributed by atoms with E-state index in [1.165, 1.54) is 22.3 Å². The normalized spacial score (nSPS) is 11.2. The maximum atomic E-state index is 6.21. The number of hydrogen-bond donors (Lipinski definition) is 0. The summed E-state index contributed by atoms with van der Waals surface area (Å²) in [5, 5.41) is 2.19. The second kappa shape index (κ2) is 16.1. The van der Waals surface area contributed by atoms with Crippen molar-refractivity contribution in [3.8, 4) is 67.1 Å². The van der Waals surface area contributed by atoms with Gasteiger partial charge in [0.15, 0.2) is 5.58 Å². The molecule has 0 saturated heterocycles. The van der Waals surface area contributed by atoms with Gasteiger partial charge in [-0.05, 0) is 122 Å². The summed E-state index contributed by atoms with van der Waals surface area (Å²) in [6.45, 7) is 0. The maximum absolute atomic E-state index is 6.21. The zero-order chi connectivity index (χ0) is 41.2. The molecule has 0 radical (unpaired) electrons. The number of nitrogens with zero attached hydrogens (tertiary/aromatic N) is 2. The molecular weight excluding hydrogens is 753 g/mol. The number of rotatable bonds is 9. The Morgan fingerprint density at radius 3 is 1.31 bits per heavy atom. The Bertz CT molecular complexity index is 3340. The molecule has 0 spiro atoms. The molecule has 1 heterocycles. The van der Waals surface area contributed by atoms with Gasteiger partial charge >= 0.3 is 0 Å². The second-order valence-electron chi connectivity index (χ2n) is 15.6. The van der Waals surface area contributed by atoms with Crippen LogP contribution < -0.4 is 4.90 Å². The van der Waals surface area contributed by atoms with Crippen molar-refractivity contribution in [3.63, 3.8) is 0 Å². The van der Waals surface area contributed by atoms with Crippen LogP contribution in [0.25, 0.3) is 89.0 Å². The third kappa shape index (κ3) is 7.12. The van der Waals surface area contributed by atoms with Gasteiger partial charge in [-0.3, -0.25) is 0 Å². The molecule has 0 fully saturated rings. The van der Waals surface area contributed by atoms with E-state index in [1.807, 2.05) is 36.4 Å². The summed E-state index contributed by atoms with van der Waals surface area (Å²) in [5.74, 6) is 0.632. The Kier molecular flexibility index (Phi) is 9.53. The molecule has 0 N–H and O–H groups in total. The van der Waals surface area contributed by atoms with E-state index in [0.717, 1.165) is 77.9 Å². The lowest BCUT2D eigenvalue weighted by Gasteiger charge is -2.27. The summed E-state index contributed by atoms with van der Waals surface area (Å²) in [6, 6.07) is 86.3. The van der Waals surface area contributed by atoms with Gasteiger partial charge in [0.2, 0.25) is 5.89 Å². The molecule has 0 bridgehead atoms. The first-order valence-corrected chi connectivity index (χ1v) is 21.0. The molecule has 0 aliphatic carbocycles. The maximum Gasteiger partial charge on any atom is 0.227 e. The monoisotopic (exact) mass is 792 g/mol. The van der Waals surface area contributed by atoms with E-state index >= 15 is 0 Å². The van der Waals surface area contributed by atoms with Crippen LogP contribution >= 0.6 is 0 Å². The fourth-order valence-electron chi connectivity index (χ4n) is 8.60. The predicted octanol–water partition coefficient (Wildman–Crippen LogP) is 16.5. The molecule has 0 amide bonds. The number of hydrogen-bond acceptors (Lipinski definition) is 3. The number of aromatic nitrogens is 1. The minimum atomic E-state index is 0.632. The van der Waals surface area contributed by atoms with Gasteiger partial charge in [-0.1, -0.05) is 182 Å². The Morgan fingerprint density at radius 1 is 0.306 bits per heavy atom. The highest BCUT2D eigenvalue weighted by Crippen LogP contribution is 2.42. The van der Waals surface area contributed by atoms with Crippen molar-refractivity contribution in [1.29, 1.82) is 0 Å². The van der Waals surface area contributed by atoms with Gasteiger partial charge in [-0.25, -0.2) is 4.98 Å². The lowest BCUT2D eigenvalue weighted by atomic mass is 9.92. The number of fused-ring (bicyclic) bond motifs is 3. The molecule has 0 saturated carbocycles. The minimum absolute atomic E-state index is 0.632. The Balaban J connectivity index is 0.992. The Morgan fingerprint density at radius 2 is 0.726 bits per heavy atom. The van der Waals surface area contributed by atoms with Crippen LogP contribution in [0.15, 0.2) is 247 Å². The number of anilines is 3. The highest BCUT2D eigenvalue weighted by atomic mass is 16.3. The van der Waals surface area contributed by atoms with Gasteiger partial charge in [0.1, 0.15) is 5.52 Å². The Hall–Kier alpha value is -8.27. The zero-order valence-electron chi connectivity index (χ0n) is 33.9. The molecule has 11 aromatic rings. The predicted molar refractivity (Wildman–Crippen MR) is 259 cm³/mol. The van der Waals surface area contributed by atoms with Gasteiger partial charge < -0.3 is 9.32 Å². The third-order valence-corrected chi connectivity index (χ3v) is 11.7. The van der Waals surface area contributed by atoms with Gasteiger partial charge in [0.05, 0.1) is 0 Å². The molecular formula is C59H40N2O. The molecule has 3 nitrogen and oxygen atoms in total. The van der Waals surface area contributed by atoms with Crippen LogP contribution in [0.3, 0.4) is 0 Å². The summed E-state index contributed by atoms with van der Waals surface area (Å²) >= 11 is 0. The second-order valence-corrected chi connectivity index (χ2v) is 15.6. The van der Waals surface area contributed by atoms with Crippen LogP contribution in [0.2, 0.25) is 0 Å². The van der Waals surface area contributed by atoms with Crippen molar-refractivity contribution in [2.24, 2.45) is 0 Å². The van der Waals surface area contributed by atoms with E-state index in [9.17, 15) is 0 Å². The lowest BCUT2D eigenvalue weighted by molar-refractivity contribution is 0.620. The molecule has 292 valence electrons. The average molecular weight is 793 g/mol. The molecule has 1 aromatic heterocycles. The summed E-state index contributed by atoms with van der Waals surface area (Å²) < 4.78 is 6.21. The zero-order valence-corrected chi connectivity index (χ0v) is 33.9. The molecule has 0 unspecified atom stereocenters. The van der Waals surface area contributed by atoms with Crippen molar-refractivity contribution >= 4 is 38.9 Å². The van der Waals surface area contributed by atoms with E-state index in [1.54, 1.807) is 0 Å². The van der Waals surface area contributed by atoms with E-state index in [4.69, 9.17) is 9.40 Å². The van der Waals surface area contributed by atoms with Crippen molar-refractivity contribution in [3.05, 3.63) is 243 Å². The highest BCUT2D eigenvalue weighted by molar-refractivity contribution is 6.06. The summed E-state index contributed by atoms with van der Waals surface area (Å²) in [4.78, 5) is 7.32. The van der Waals surface area contributed by atoms with E-state index in [0.29, 0.717) is 5.89 Å². The van der Waals surface area contributed by atoms with E-state index < -0.39 is 0 Å². The minimum Gasteiger partial charge on any atom is -0.436 e. The summed E-state index contributed by atoms with van der Waals surface area (Å²) in [5.41, 5.74) is 17.5. The van der Waals surface area contributed by atoms with Crippen molar-refractivity contribution < 1.29 is 4.42 Å². The highest BCUT2D eigenvalue weighted by Gasteiger charge is 2.18. The van der Waals surface area contributed by atoms with Gasteiger partial charge in [-0.15, -0.1) is 0 Å². The van der Waals surface area contributed by atoms with E-state index in [2.05, 4.69) is 211 Å². The summed E-state index contributed by atoms with van der Waals surface area (Å²) in [6.07, 6.45) is 0. The first kappa shape index (κ1) is 36.8. The average Bonchev–Trinajstić information content (AvgIpc) is 3.81. The molecule has 0 atom stereocenters. The Labute approximate surface area is 361 Å². The standard InChI is InChI=1S/C59H40N2O/c1-4-15-41(16-5-1)43-29-31-44(32-30-43)47-22-13-25-52(39-47)61(51-24-12-21-46(38-51)42-17-6-2-7-18-42)53-26-14-23-48(40-53)54-27-10-11-28-55(54)49-33-35-56-50(37-49)34-36-57-58(56)60-59(62-57)45-19-8-3-9-20-45/h1-40H. The van der Waals surface area contributed by atoms with Gasteiger partial charge in [0.25, 0.3) is 0 Å². The largest absolute Gasteiger partial charge is 0.436 e. The van der Waals surface area contributed by atoms with Gasteiger partial charge in [0, 0.05) is 28.0 Å². The lowest BCUT2D eigenvalue weighted by Crippen LogP contribution is -2.10. The SMILES string of the molecule is c1ccc(-c2ccc(-c3cccc(N(c4cccc(-c5ccccc5)c4)c4cccc(-c5ccccc5-c5ccc6c(ccc7oc(-c8ccccc8)nc76)c5)c4)c3)cc2)cc1. The van der Waals surface area contributed by atoms with Crippen LogP contribution in [0, 0.1) is 0 Å². The van der Waals surface area contributed by atoms with Crippen LogP contribution in [-0.2, 0) is 0 Å². The van der Waals surface area contributed by atoms with Gasteiger partial charge in [-0.2, -0.15) is 0 Å². The fraction of sp³-hybridized carbons (Fsp3) is 0. The first-order chi connectivity index (χ1) is 30.7. The smallest absolute Gasteiger partial charge is 0.227 e. The summed E-state index contributed by atoms with van der Waals surface area (Å²) in [7, 11) is 0. The number of benzene rings is 10. The third-order valence-electron chi connectivity index (χ3n) is 11.7. The van der Waals surface area contributed by atoms with Crippen LogP contribution in [-0.4, -0.2) is 4.98 Å². The van der Waals surface area contributed by atoms with Crippen LogP contribution in [0.5, 0.6) is 0 Å². The molecule has 3 heteroatoms. The molecule has 11 rings (SSSR count). The first-order valence-electron chi connectivity index (χ1n) is 21.0. The van der Waals surface area contributed by atoms with Crippen molar-refractivity contribution in [2.45, 2.75) is 0 Å². The molecule has 0 aliphatic heterocycles. The van der Waals surface area contributed by atoms with Crippen molar-refractivity contribution in [2.75, 3.05) is 4.90 Å².